The molecule has 3 rings (SSSR count). The Bertz CT molecular complexity index is 573. The van der Waals surface area contributed by atoms with Crippen molar-refractivity contribution >= 4 is 29.3 Å². The second kappa shape index (κ2) is 6.08. The van der Waals surface area contributed by atoms with Crippen LogP contribution in [0.2, 0.25) is 5.02 Å². The number of benzene rings is 1. The molecular formula is C16H19ClN2O2. The fourth-order valence-corrected chi connectivity index (χ4v) is 3.50. The molecule has 2 saturated heterocycles. The fraction of sp³-hybridized carbons (Fsp3) is 0.438. The van der Waals surface area contributed by atoms with Gasteiger partial charge < -0.3 is 10.0 Å². The lowest BCUT2D eigenvalue weighted by Gasteiger charge is -2.39. The smallest absolute Gasteiger partial charge is 0.328 e. The minimum Gasteiger partial charge on any atom is -0.478 e. The first-order chi connectivity index (χ1) is 10.1. The first-order valence-corrected chi connectivity index (χ1v) is 7.71. The highest BCUT2D eigenvalue weighted by molar-refractivity contribution is 6.30. The Kier molecular flexibility index (Phi) is 4.17. The minimum absolute atomic E-state index is 0.628. The van der Waals surface area contributed by atoms with Gasteiger partial charge in [0.15, 0.2) is 0 Å². The third-order valence-electron chi connectivity index (χ3n) is 4.32. The third-order valence-corrected chi connectivity index (χ3v) is 4.56. The molecule has 1 aromatic rings. The summed E-state index contributed by atoms with van der Waals surface area (Å²) in [5.74, 6) is -0.943. The summed E-state index contributed by atoms with van der Waals surface area (Å²) < 4.78 is 0. The molecule has 4 nitrogen and oxygen atoms in total. The first-order valence-electron chi connectivity index (χ1n) is 7.33. The van der Waals surface area contributed by atoms with E-state index in [4.69, 9.17) is 16.7 Å². The second-order valence-corrected chi connectivity index (χ2v) is 6.09. The summed E-state index contributed by atoms with van der Waals surface area (Å²) in [7, 11) is 0. The Labute approximate surface area is 129 Å². The van der Waals surface area contributed by atoms with Gasteiger partial charge in [-0.1, -0.05) is 11.6 Å². The van der Waals surface area contributed by atoms with Crippen molar-refractivity contribution in [3.63, 3.8) is 0 Å². The van der Waals surface area contributed by atoms with E-state index in [0.717, 1.165) is 30.9 Å². The van der Waals surface area contributed by atoms with E-state index in [1.54, 1.807) is 6.08 Å². The van der Waals surface area contributed by atoms with Crippen LogP contribution in [0.3, 0.4) is 0 Å². The molecule has 0 amide bonds. The molecular weight excluding hydrogens is 288 g/mol. The number of hydrogen-bond donors (Lipinski definition) is 1. The second-order valence-electron chi connectivity index (χ2n) is 5.65. The van der Waals surface area contributed by atoms with Gasteiger partial charge in [0.2, 0.25) is 0 Å². The summed E-state index contributed by atoms with van der Waals surface area (Å²) in [6, 6.07) is 6.33. The standard InChI is InChI=1S/C16H19ClN2O2/c17-13-4-5-15(12(10-13)3-6-16(20)21)19-9-8-18-7-1-2-14(18)11-19/h3-6,10,14H,1-2,7-9,11H2,(H,20,21)/b6-3+. The average molecular weight is 307 g/mol. The Morgan fingerprint density at radius 3 is 3.00 bits per heavy atom. The zero-order chi connectivity index (χ0) is 14.8. The van der Waals surface area contributed by atoms with E-state index in [9.17, 15) is 4.79 Å². The third kappa shape index (κ3) is 3.22. The van der Waals surface area contributed by atoms with Crippen molar-refractivity contribution in [3.05, 3.63) is 34.9 Å². The van der Waals surface area contributed by atoms with Crippen molar-refractivity contribution in [2.24, 2.45) is 0 Å². The quantitative estimate of drug-likeness (QED) is 0.872. The predicted octanol–water partition coefficient (Wildman–Crippen LogP) is 2.72. The van der Waals surface area contributed by atoms with Gasteiger partial charge in [0.05, 0.1) is 0 Å². The maximum Gasteiger partial charge on any atom is 0.328 e. The summed E-state index contributed by atoms with van der Waals surface area (Å²) in [6.07, 6.45) is 5.33. The van der Waals surface area contributed by atoms with Crippen LogP contribution in [0.25, 0.3) is 6.08 Å². The topological polar surface area (TPSA) is 43.8 Å². The number of carbonyl (C=O) groups is 1. The van der Waals surface area contributed by atoms with Gasteiger partial charge in [-0.05, 0) is 49.2 Å². The molecule has 112 valence electrons. The normalized spacial score (nSPS) is 22.7. The Balaban J connectivity index is 1.85. The van der Waals surface area contributed by atoms with Crippen molar-refractivity contribution in [2.45, 2.75) is 18.9 Å². The molecule has 2 aliphatic rings. The molecule has 0 radical (unpaired) electrons. The van der Waals surface area contributed by atoms with Gasteiger partial charge in [0, 0.05) is 42.5 Å². The molecule has 0 spiro atoms. The first kappa shape index (κ1) is 14.4. The van der Waals surface area contributed by atoms with Crippen LogP contribution in [0.5, 0.6) is 0 Å². The number of nitrogens with zero attached hydrogens (tertiary/aromatic N) is 2. The predicted molar refractivity (Wildman–Crippen MR) is 84.9 cm³/mol. The maximum atomic E-state index is 10.8. The summed E-state index contributed by atoms with van der Waals surface area (Å²) in [6.45, 7) is 4.28. The SMILES string of the molecule is O=C(O)/C=C/c1cc(Cl)ccc1N1CCN2CCCC2C1. The van der Waals surface area contributed by atoms with E-state index < -0.39 is 5.97 Å². The van der Waals surface area contributed by atoms with Crippen LogP contribution < -0.4 is 4.90 Å². The highest BCUT2D eigenvalue weighted by Crippen LogP contribution is 2.30. The summed E-state index contributed by atoms with van der Waals surface area (Å²) in [5, 5.41) is 9.46. The van der Waals surface area contributed by atoms with E-state index in [2.05, 4.69) is 9.80 Å². The number of hydrogen-bond acceptors (Lipinski definition) is 3. The largest absolute Gasteiger partial charge is 0.478 e. The van der Waals surface area contributed by atoms with Crippen LogP contribution in [-0.4, -0.2) is 48.2 Å². The number of halogens is 1. The van der Waals surface area contributed by atoms with Crippen LogP contribution in [-0.2, 0) is 4.79 Å². The zero-order valence-corrected chi connectivity index (χ0v) is 12.6. The van der Waals surface area contributed by atoms with Crippen LogP contribution >= 0.6 is 11.6 Å². The lowest BCUT2D eigenvalue weighted by molar-refractivity contribution is -0.131. The molecule has 1 atom stereocenters. The van der Waals surface area contributed by atoms with Gasteiger partial charge in [-0.25, -0.2) is 4.79 Å². The van der Waals surface area contributed by atoms with Crippen LogP contribution in [0.15, 0.2) is 24.3 Å². The molecule has 0 saturated carbocycles. The van der Waals surface area contributed by atoms with Gasteiger partial charge in [0.25, 0.3) is 0 Å². The van der Waals surface area contributed by atoms with Crippen LogP contribution in [0.4, 0.5) is 5.69 Å². The molecule has 2 heterocycles. The lowest BCUT2D eigenvalue weighted by atomic mass is 10.1. The van der Waals surface area contributed by atoms with E-state index in [1.807, 2.05) is 18.2 Å². The molecule has 2 aliphatic heterocycles. The Morgan fingerprint density at radius 1 is 1.33 bits per heavy atom. The van der Waals surface area contributed by atoms with Gasteiger partial charge in [-0.15, -0.1) is 0 Å². The maximum absolute atomic E-state index is 10.8. The lowest BCUT2D eigenvalue weighted by Crippen LogP contribution is -2.50. The molecule has 0 aliphatic carbocycles. The van der Waals surface area contributed by atoms with Crippen molar-refractivity contribution in [3.8, 4) is 0 Å². The molecule has 0 aromatic heterocycles. The molecule has 2 fully saturated rings. The Morgan fingerprint density at radius 2 is 2.19 bits per heavy atom. The van der Waals surface area contributed by atoms with E-state index in [-0.39, 0.29) is 0 Å². The van der Waals surface area contributed by atoms with E-state index in [1.165, 1.54) is 25.5 Å². The van der Waals surface area contributed by atoms with Gasteiger partial charge in [0.1, 0.15) is 0 Å². The molecule has 1 N–H and O–H groups in total. The number of carboxylic acid groups (broad SMARTS) is 1. The van der Waals surface area contributed by atoms with Crippen LogP contribution in [0.1, 0.15) is 18.4 Å². The number of anilines is 1. The molecule has 1 aromatic carbocycles. The molecule has 21 heavy (non-hydrogen) atoms. The molecule has 5 heteroatoms. The van der Waals surface area contributed by atoms with Crippen molar-refractivity contribution in [1.29, 1.82) is 0 Å². The minimum atomic E-state index is -0.943. The highest BCUT2D eigenvalue weighted by atomic mass is 35.5. The summed E-state index contributed by atoms with van der Waals surface area (Å²) >= 11 is 6.05. The van der Waals surface area contributed by atoms with E-state index in [0.29, 0.717) is 11.1 Å². The van der Waals surface area contributed by atoms with Gasteiger partial charge in [-0.2, -0.15) is 0 Å². The summed E-state index contributed by atoms with van der Waals surface area (Å²) in [5.41, 5.74) is 1.94. The van der Waals surface area contributed by atoms with E-state index >= 15 is 0 Å². The van der Waals surface area contributed by atoms with Crippen molar-refractivity contribution in [1.82, 2.24) is 4.90 Å². The average Bonchev–Trinajstić information content (AvgIpc) is 2.92. The van der Waals surface area contributed by atoms with Crippen LogP contribution in [0, 0.1) is 0 Å². The molecule has 0 bridgehead atoms. The molecule has 1 unspecified atom stereocenters. The highest BCUT2D eigenvalue weighted by Gasteiger charge is 2.31. The van der Waals surface area contributed by atoms with Gasteiger partial charge >= 0.3 is 5.97 Å². The van der Waals surface area contributed by atoms with Crippen molar-refractivity contribution < 1.29 is 9.90 Å². The summed E-state index contributed by atoms with van der Waals surface area (Å²) in [4.78, 5) is 15.7. The van der Waals surface area contributed by atoms with Gasteiger partial charge in [-0.3, -0.25) is 4.90 Å². The Hall–Kier alpha value is -1.52. The van der Waals surface area contributed by atoms with Crippen molar-refractivity contribution in [2.75, 3.05) is 31.1 Å². The fourth-order valence-electron chi connectivity index (χ4n) is 3.32. The monoisotopic (exact) mass is 306 g/mol. The number of carboxylic acids is 1. The number of piperazine rings is 1. The number of aliphatic carboxylic acids is 1. The number of rotatable bonds is 3. The zero-order valence-electron chi connectivity index (χ0n) is 11.8. The number of fused-ring (bicyclic) bond motifs is 1.